The predicted octanol–water partition coefficient (Wildman–Crippen LogP) is 3.76. The lowest BCUT2D eigenvalue weighted by molar-refractivity contribution is 0.171. The zero-order valence-corrected chi connectivity index (χ0v) is 12.4. The van der Waals surface area contributed by atoms with Gasteiger partial charge in [-0.3, -0.25) is 0 Å². The van der Waals surface area contributed by atoms with Crippen molar-refractivity contribution in [2.75, 3.05) is 13.2 Å². The first-order chi connectivity index (χ1) is 9.86. The Morgan fingerprint density at radius 3 is 2.80 bits per heavy atom. The molecule has 3 nitrogen and oxygen atoms in total. The SMILES string of the molecule is CCC(NCc1ccc2c(c1)OCCO2)c1cccs1. The van der Waals surface area contributed by atoms with Crippen molar-refractivity contribution in [3.63, 3.8) is 0 Å². The number of hydrogen-bond acceptors (Lipinski definition) is 4. The van der Waals surface area contributed by atoms with Gasteiger partial charge in [0, 0.05) is 17.5 Å². The van der Waals surface area contributed by atoms with E-state index < -0.39 is 0 Å². The molecule has 1 aromatic carbocycles. The number of rotatable bonds is 5. The maximum atomic E-state index is 5.62. The van der Waals surface area contributed by atoms with E-state index in [1.165, 1.54) is 10.4 Å². The van der Waals surface area contributed by atoms with Gasteiger partial charge < -0.3 is 14.8 Å². The van der Waals surface area contributed by atoms with E-state index >= 15 is 0 Å². The van der Waals surface area contributed by atoms with Crippen molar-refractivity contribution in [1.82, 2.24) is 5.32 Å². The number of nitrogens with one attached hydrogen (secondary N) is 1. The van der Waals surface area contributed by atoms with Crippen LogP contribution in [0.2, 0.25) is 0 Å². The zero-order chi connectivity index (χ0) is 13.8. The maximum absolute atomic E-state index is 5.62. The Morgan fingerprint density at radius 1 is 1.20 bits per heavy atom. The normalized spacial score (nSPS) is 15.1. The average molecular weight is 289 g/mol. The molecule has 0 fully saturated rings. The van der Waals surface area contributed by atoms with Gasteiger partial charge in [-0.1, -0.05) is 19.1 Å². The van der Waals surface area contributed by atoms with Gasteiger partial charge in [0.05, 0.1) is 0 Å². The van der Waals surface area contributed by atoms with E-state index in [1.807, 2.05) is 6.07 Å². The van der Waals surface area contributed by atoms with Crippen molar-refractivity contribution < 1.29 is 9.47 Å². The molecule has 3 rings (SSSR count). The van der Waals surface area contributed by atoms with Crippen LogP contribution in [0.25, 0.3) is 0 Å². The minimum Gasteiger partial charge on any atom is -0.486 e. The van der Waals surface area contributed by atoms with Crippen molar-refractivity contribution in [2.45, 2.75) is 25.9 Å². The lowest BCUT2D eigenvalue weighted by atomic mass is 10.1. The molecule has 0 saturated carbocycles. The van der Waals surface area contributed by atoms with Gasteiger partial charge in [-0.05, 0) is 35.6 Å². The maximum Gasteiger partial charge on any atom is 0.161 e. The Morgan fingerprint density at radius 2 is 2.05 bits per heavy atom. The van der Waals surface area contributed by atoms with Crippen LogP contribution < -0.4 is 14.8 Å². The van der Waals surface area contributed by atoms with E-state index in [2.05, 4.69) is 41.9 Å². The second-order valence-electron chi connectivity index (χ2n) is 4.84. The first-order valence-corrected chi connectivity index (χ1v) is 7.90. The fraction of sp³-hybridized carbons (Fsp3) is 0.375. The van der Waals surface area contributed by atoms with Crippen LogP contribution in [0.15, 0.2) is 35.7 Å². The molecule has 1 aliphatic rings. The van der Waals surface area contributed by atoms with Crippen LogP contribution in [0.5, 0.6) is 11.5 Å². The van der Waals surface area contributed by atoms with E-state index in [9.17, 15) is 0 Å². The Balaban J connectivity index is 1.66. The van der Waals surface area contributed by atoms with Gasteiger partial charge in [-0.2, -0.15) is 0 Å². The molecule has 1 aromatic heterocycles. The second-order valence-corrected chi connectivity index (χ2v) is 5.81. The highest BCUT2D eigenvalue weighted by Crippen LogP contribution is 2.31. The van der Waals surface area contributed by atoms with Crippen LogP contribution in [-0.2, 0) is 6.54 Å². The van der Waals surface area contributed by atoms with Crippen LogP contribution in [0.4, 0.5) is 0 Å². The molecule has 0 radical (unpaired) electrons. The highest BCUT2D eigenvalue weighted by Gasteiger charge is 2.13. The molecule has 1 aliphatic heterocycles. The summed E-state index contributed by atoms with van der Waals surface area (Å²) in [4.78, 5) is 1.39. The third-order valence-corrected chi connectivity index (χ3v) is 4.44. The minimum atomic E-state index is 0.420. The molecule has 4 heteroatoms. The molecule has 1 atom stereocenters. The summed E-state index contributed by atoms with van der Waals surface area (Å²) < 4.78 is 11.2. The molecule has 0 aliphatic carbocycles. The van der Waals surface area contributed by atoms with Crippen LogP contribution >= 0.6 is 11.3 Å². The summed E-state index contributed by atoms with van der Waals surface area (Å²) in [5, 5.41) is 5.74. The van der Waals surface area contributed by atoms with Gasteiger partial charge in [0.15, 0.2) is 11.5 Å². The lowest BCUT2D eigenvalue weighted by Crippen LogP contribution is -2.20. The summed E-state index contributed by atoms with van der Waals surface area (Å²) in [5.74, 6) is 1.71. The van der Waals surface area contributed by atoms with E-state index in [-0.39, 0.29) is 0 Å². The first kappa shape index (κ1) is 13.5. The van der Waals surface area contributed by atoms with Gasteiger partial charge in [0.2, 0.25) is 0 Å². The molecular formula is C16H19NO2S. The number of fused-ring (bicyclic) bond motifs is 1. The second kappa shape index (κ2) is 6.29. The van der Waals surface area contributed by atoms with E-state index in [4.69, 9.17) is 9.47 Å². The largest absolute Gasteiger partial charge is 0.486 e. The summed E-state index contributed by atoms with van der Waals surface area (Å²) >= 11 is 1.81. The summed E-state index contributed by atoms with van der Waals surface area (Å²) in [7, 11) is 0. The molecule has 1 N–H and O–H groups in total. The number of ether oxygens (including phenoxy) is 2. The molecule has 0 saturated heterocycles. The topological polar surface area (TPSA) is 30.5 Å². The smallest absolute Gasteiger partial charge is 0.161 e. The van der Waals surface area contributed by atoms with Crippen molar-refractivity contribution in [2.24, 2.45) is 0 Å². The fourth-order valence-corrected chi connectivity index (χ4v) is 3.26. The highest BCUT2D eigenvalue weighted by atomic mass is 32.1. The molecule has 0 amide bonds. The molecule has 1 unspecified atom stereocenters. The molecule has 2 aromatic rings. The van der Waals surface area contributed by atoms with E-state index in [0.29, 0.717) is 19.3 Å². The highest BCUT2D eigenvalue weighted by molar-refractivity contribution is 7.10. The Hall–Kier alpha value is -1.52. The quantitative estimate of drug-likeness (QED) is 0.909. The lowest BCUT2D eigenvalue weighted by Gasteiger charge is -2.20. The van der Waals surface area contributed by atoms with E-state index in [1.54, 1.807) is 11.3 Å². The number of thiophene rings is 1. The summed E-state index contributed by atoms with van der Waals surface area (Å²) in [6.45, 7) is 4.33. The summed E-state index contributed by atoms with van der Waals surface area (Å²) in [5.41, 5.74) is 1.23. The molecule has 0 bridgehead atoms. The Kier molecular flexibility index (Phi) is 4.23. The van der Waals surface area contributed by atoms with Crippen LogP contribution in [0.1, 0.15) is 29.8 Å². The van der Waals surface area contributed by atoms with Crippen molar-refractivity contribution in [1.29, 1.82) is 0 Å². The standard InChI is InChI=1S/C16H19NO2S/c1-2-13(16-4-3-9-20-16)17-11-12-5-6-14-15(10-12)19-8-7-18-14/h3-6,9-10,13,17H,2,7-8,11H2,1H3. The predicted molar refractivity (Wildman–Crippen MR) is 81.6 cm³/mol. The Labute approximate surface area is 123 Å². The molecule has 20 heavy (non-hydrogen) atoms. The summed E-state index contributed by atoms with van der Waals surface area (Å²) in [6, 6.07) is 10.9. The van der Waals surface area contributed by atoms with Crippen molar-refractivity contribution in [3.8, 4) is 11.5 Å². The fourth-order valence-electron chi connectivity index (χ4n) is 2.37. The van der Waals surface area contributed by atoms with Crippen molar-refractivity contribution >= 4 is 11.3 Å². The monoisotopic (exact) mass is 289 g/mol. The Bertz CT molecular complexity index is 554. The van der Waals surface area contributed by atoms with Crippen molar-refractivity contribution in [3.05, 3.63) is 46.2 Å². The van der Waals surface area contributed by atoms with E-state index in [0.717, 1.165) is 24.5 Å². The first-order valence-electron chi connectivity index (χ1n) is 7.02. The minimum absolute atomic E-state index is 0.420. The summed E-state index contributed by atoms with van der Waals surface area (Å²) in [6.07, 6.45) is 1.09. The zero-order valence-electron chi connectivity index (χ0n) is 11.6. The molecule has 106 valence electrons. The van der Waals surface area contributed by atoms with Gasteiger partial charge in [0.25, 0.3) is 0 Å². The van der Waals surface area contributed by atoms with Crippen LogP contribution in [0, 0.1) is 0 Å². The van der Waals surface area contributed by atoms with Gasteiger partial charge in [0.1, 0.15) is 13.2 Å². The third-order valence-electron chi connectivity index (χ3n) is 3.45. The van der Waals surface area contributed by atoms with Gasteiger partial charge >= 0.3 is 0 Å². The molecular weight excluding hydrogens is 270 g/mol. The van der Waals surface area contributed by atoms with Gasteiger partial charge in [-0.15, -0.1) is 11.3 Å². The molecule has 0 spiro atoms. The number of hydrogen-bond donors (Lipinski definition) is 1. The number of benzene rings is 1. The third kappa shape index (κ3) is 2.97. The van der Waals surface area contributed by atoms with Gasteiger partial charge in [-0.25, -0.2) is 0 Å². The van der Waals surface area contributed by atoms with Crippen LogP contribution in [0.3, 0.4) is 0 Å². The average Bonchev–Trinajstić information content (AvgIpc) is 3.02. The molecule has 2 heterocycles. The van der Waals surface area contributed by atoms with Crippen LogP contribution in [-0.4, -0.2) is 13.2 Å².